The van der Waals surface area contributed by atoms with E-state index >= 15 is 0 Å². The lowest BCUT2D eigenvalue weighted by Crippen LogP contribution is -2.28. The number of nitrogens with one attached hydrogen (secondary N) is 2. The molecular formula is C16H13F2N3OS. The Labute approximate surface area is 135 Å². The van der Waals surface area contributed by atoms with Crippen molar-refractivity contribution in [2.75, 3.05) is 18.4 Å². The molecule has 0 radical (unpaired) electrons. The number of rotatable bonds is 5. The SMILES string of the molecule is O=C(NCCNc1nsc2ccccc12)c1ccc(F)c(F)c1. The Kier molecular flexibility index (Phi) is 4.47. The smallest absolute Gasteiger partial charge is 0.251 e. The molecule has 0 aliphatic rings. The Morgan fingerprint density at radius 1 is 1.09 bits per heavy atom. The summed E-state index contributed by atoms with van der Waals surface area (Å²) in [6, 6.07) is 10.9. The number of aromatic nitrogens is 1. The van der Waals surface area contributed by atoms with E-state index in [1.165, 1.54) is 17.6 Å². The minimum atomic E-state index is -1.04. The maximum absolute atomic E-state index is 13.1. The zero-order chi connectivity index (χ0) is 16.2. The molecule has 0 spiro atoms. The summed E-state index contributed by atoms with van der Waals surface area (Å²) in [6.07, 6.45) is 0. The molecule has 1 aromatic heterocycles. The van der Waals surface area contributed by atoms with Gasteiger partial charge in [0.2, 0.25) is 0 Å². The van der Waals surface area contributed by atoms with Crippen molar-refractivity contribution in [1.82, 2.24) is 9.69 Å². The summed E-state index contributed by atoms with van der Waals surface area (Å²) in [4.78, 5) is 11.8. The van der Waals surface area contributed by atoms with Crippen LogP contribution in [0.3, 0.4) is 0 Å². The maximum atomic E-state index is 13.1. The molecule has 0 fully saturated rings. The normalized spacial score (nSPS) is 10.7. The summed E-state index contributed by atoms with van der Waals surface area (Å²) in [7, 11) is 0. The lowest BCUT2D eigenvalue weighted by molar-refractivity contribution is 0.0954. The summed E-state index contributed by atoms with van der Waals surface area (Å²) < 4.78 is 31.3. The third-order valence-corrected chi connectivity index (χ3v) is 4.09. The predicted molar refractivity (Wildman–Crippen MR) is 86.8 cm³/mol. The molecule has 3 rings (SSSR count). The van der Waals surface area contributed by atoms with E-state index in [9.17, 15) is 13.6 Å². The fourth-order valence-corrected chi connectivity index (χ4v) is 2.86. The third kappa shape index (κ3) is 3.45. The van der Waals surface area contributed by atoms with Crippen molar-refractivity contribution in [3.63, 3.8) is 0 Å². The number of fused-ring (bicyclic) bond motifs is 1. The first kappa shape index (κ1) is 15.4. The van der Waals surface area contributed by atoms with Crippen LogP contribution in [0.2, 0.25) is 0 Å². The number of amides is 1. The second-order valence-corrected chi connectivity index (χ2v) is 5.64. The van der Waals surface area contributed by atoms with E-state index in [0.29, 0.717) is 13.1 Å². The van der Waals surface area contributed by atoms with E-state index in [-0.39, 0.29) is 5.56 Å². The summed E-state index contributed by atoms with van der Waals surface area (Å²) in [5, 5.41) is 6.82. The van der Waals surface area contributed by atoms with Gasteiger partial charge < -0.3 is 10.6 Å². The van der Waals surface area contributed by atoms with E-state index in [0.717, 1.165) is 28.0 Å². The molecule has 0 atom stereocenters. The number of hydrogen-bond donors (Lipinski definition) is 2. The molecule has 0 bridgehead atoms. The first-order chi connectivity index (χ1) is 11.1. The van der Waals surface area contributed by atoms with Crippen LogP contribution in [0.25, 0.3) is 10.1 Å². The van der Waals surface area contributed by atoms with Gasteiger partial charge in [0.1, 0.15) is 5.82 Å². The van der Waals surface area contributed by atoms with Gasteiger partial charge in [-0.25, -0.2) is 8.78 Å². The zero-order valence-corrected chi connectivity index (χ0v) is 12.8. The molecule has 1 amide bonds. The molecule has 4 nitrogen and oxygen atoms in total. The summed E-state index contributed by atoms with van der Waals surface area (Å²) in [6.45, 7) is 0.812. The number of benzene rings is 2. The maximum Gasteiger partial charge on any atom is 0.251 e. The molecule has 0 saturated heterocycles. The van der Waals surface area contributed by atoms with Gasteiger partial charge in [-0.05, 0) is 41.9 Å². The van der Waals surface area contributed by atoms with Gasteiger partial charge in [-0.15, -0.1) is 0 Å². The average molecular weight is 333 g/mol. The van der Waals surface area contributed by atoms with Crippen LogP contribution in [0.4, 0.5) is 14.6 Å². The summed E-state index contributed by atoms with van der Waals surface area (Å²) >= 11 is 1.40. The van der Waals surface area contributed by atoms with Crippen molar-refractivity contribution in [1.29, 1.82) is 0 Å². The minimum Gasteiger partial charge on any atom is -0.367 e. The van der Waals surface area contributed by atoms with Crippen LogP contribution < -0.4 is 10.6 Å². The molecule has 2 aromatic carbocycles. The van der Waals surface area contributed by atoms with Crippen molar-refractivity contribution in [2.24, 2.45) is 0 Å². The molecule has 23 heavy (non-hydrogen) atoms. The molecule has 1 heterocycles. The lowest BCUT2D eigenvalue weighted by Gasteiger charge is -2.07. The Balaban J connectivity index is 1.53. The highest BCUT2D eigenvalue weighted by atomic mass is 32.1. The van der Waals surface area contributed by atoms with Crippen molar-refractivity contribution < 1.29 is 13.6 Å². The van der Waals surface area contributed by atoms with E-state index < -0.39 is 17.5 Å². The first-order valence-corrected chi connectivity index (χ1v) is 7.74. The topological polar surface area (TPSA) is 54.0 Å². The molecule has 2 N–H and O–H groups in total. The van der Waals surface area contributed by atoms with Gasteiger partial charge in [0.15, 0.2) is 11.6 Å². The van der Waals surface area contributed by atoms with Crippen LogP contribution in [-0.4, -0.2) is 23.4 Å². The minimum absolute atomic E-state index is 0.0861. The number of nitrogens with zero attached hydrogens (tertiary/aromatic N) is 1. The van der Waals surface area contributed by atoms with Crippen molar-refractivity contribution in [3.05, 3.63) is 59.7 Å². The van der Waals surface area contributed by atoms with Gasteiger partial charge in [-0.3, -0.25) is 4.79 Å². The zero-order valence-electron chi connectivity index (χ0n) is 12.0. The van der Waals surface area contributed by atoms with E-state index in [1.807, 2.05) is 24.3 Å². The Bertz CT molecular complexity index is 850. The highest BCUT2D eigenvalue weighted by Gasteiger charge is 2.09. The van der Waals surface area contributed by atoms with Gasteiger partial charge in [0.05, 0.1) is 4.70 Å². The molecule has 0 aliphatic carbocycles. The Morgan fingerprint density at radius 2 is 1.91 bits per heavy atom. The summed E-state index contributed by atoms with van der Waals surface area (Å²) in [5.74, 6) is -1.69. The number of anilines is 1. The van der Waals surface area contributed by atoms with Crippen LogP contribution in [0, 0.1) is 11.6 Å². The molecule has 7 heteroatoms. The van der Waals surface area contributed by atoms with E-state index in [4.69, 9.17) is 0 Å². The average Bonchev–Trinajstić information content (AvgIpc) is 2.97. The van der Waals surface area contributed by atoms with Gasteiger partial charge >= 0.3 is 0 Å². The van der Waals surface area contributed by atoms with Crippen molar-refractivity contribution in [2.45, 2.75) is 0 Å². The predicted octanol–water partition coefficient (Wildman–Crippen LogP) is 3.42. The fourth-order valence-electron chi connectivity index (χ4n) is 2.11. The van der Waals surface area contributed by atoms with Crippen LogP contribution in [0.1, 0.15) is 10.4 Å². The standard InChI is InChI=1S/C16H13F2N3OS/c17-12-6-5-10(9-13(12)18)16(22)20-8-7-19-15-11-3-1-2-4-14(11)23-21-15/h1-6,9H,7-8H2,(H,19,21)(H,20,22). The lowest BCUT2D eigenvalue weighted by atomic mass is 10.2. The van der Waals surface area contributed by atoms with Gasteiger partial charge in [-0.2, -0.15) is 4.37 Å². The van der Waals surface area contributed by atoms with Gasteiger partial charge in [0, 0.05) is 24.0 Å². The van der Waals surface area contributed by atoms with E-state index in [1.54, 1.807) is 0 Å². The molecular weight excluding hydrogens is 320 g/mol. The van der Waals surface area contributed by atoms with Gasteiger partial charge in [-0.1, -0.05) is 12.1 Å². The third-order valence-electron chi connectivity index (χ3n) is 3.26. The Hall–Kier alpha value is -2.54. The monoisotopic (exact) mass is 333 g/mol. The molecule has 3 aromatic rings. The Morgan fingerprint density at radius 3 is 2.74 bits per heavy atom. The van der Waals surface area contributed by atoms with Crippen LogP contribution in [-0.2, 0) is 0 Å². The van der Waals surface area contributed by atoms with Crippen LogP contribution in [0.15, 0.2) is 42.5 Å². The molecule has 0 saturated carbocycles. The molecule has 0 unspecified atom stereocenters. The molecule has 0 aliphatic heterocycles. The van der Waals surface area contributed by atoms with E-state index in [2.05, 4.69) is 15.0 Å². The van der Waals surface area contributed by atoms with Gasteiger partial charge in [0.25, 0.3) is 5.91 Å². The quantitative estimate of drug-likeness (QED) is 0.704. The van der Waals surface area contributed by atoms with Crippen molar-refractivity contribution in [3.8, 4) is 0 Å². The second-order valence-electron chi connectivity index (χ2n) is 4.84. The van der Waals surface area contributed by atoms with Crippen LogP contribution in [0.5, 0.6) is 0 Å². The number of hydrogen-bond acceptors (Lipinski definition) is 4. The molecule has 118 valence electrons. The first-order valence-electron chi connectivity index (χ1n) is 6.96. The highest BCUT2D eigenvalue weighted by molar-refractivity contribution is 7.13. The van der Waals surface area contributed by atoms with Crippen molar-refractivity contribution >= 4 is 33.3 Å². The second kappa shape index (κ2) is 6.70. The fraction of sp³-hybridized carbons (Fsp3) is 0.125. The number of carbonyl (C=O) groups excluding carboxylic acids is 1. The summed E-state index contributed by atoms with van der Waals surface area (Å²) in [5.41, 5.74) is 0.0861. The number of carbonyl (C=O) groups is 1. The largest absolute Gasteiger partial charge is 0.367 e. The number of halogens is 2. The van der Waals surface area contributed by atoms with Crippen LogP contribution >= 0.6 is 11.5 Å². The highest BCUT2D eigenvalue weighted by Crippen LogP contribution is 2.25.